The Morgan fingerprint density at radius 1 is 1.46 bits per heavy atom. The summed E-state index contributed by atoms with van der Waals surface area (Å²) in [5.41, 5.74) is 0.749. The summed E-state index contributed by atoms with van der Waals surface area (Å²) >= 11 is 5.79. The van der Waals surface area contributed by atoms with E-state index in [-0.39, 0.29) is 5.78 Å². The Morgan fingerprint density at radius 2 is 2.23 bits per heavy atom. The molecule has 0 unspecified atom stereocenters. The lowest BCUT2D eigenvalue weighted by Gasteiger charge is -1.99. The van der Waals surface area contributed by atoms with E-state index in [4.69, 9.17) is 11.6 Å². The zero-order valence-electron chi connectivity index (χ0n) is 7.29. The fourth-order valence-electron chi connectivity index (χ4n) is 1.36. The summed E-state index contributed by atoms with van der Waals surface area (Å²) in [7, 11) is 0. The predicted octanol–water partition coefficient (Wildman–Crippen LogP) is 3.32. The highest BCUT2D eigenvalue weighted by Gasteiger charge is 2.24. The van der Waals surface area contributed by atoms with Crippen LogP contribution in [0.5, 0.6) is 0 Å². The van der Waals surface area contributed by atoms with Crippen LogP contribution in [0.2, 0.25) is 5.02 Å². The Labute approximate surface area is 82.7 Å². The molecular weight excluding hydrogens is 184 g/mol. The van der Waals surface area contributed by atoms with Gasteiger partial charge in [0.1, 0.15) is 0 Å². The molecule has 1 saturated carbocycles. The molecule has 0 amide bonds. The number of carbonyl (C=O) groups is 1. The summed E-state index contributed by atoms with van der Waals surface area (Å²) < 4.78 is 0. The van der Waals surface area contributed by atoms with Gasteiger partial charge in [0.05, 0.1) is 0 Å². The fourth-order valence-corrected chi connectivity index (χ4v) is 1.55. The van der Waals surface area contributed by atoms with Crippen LogP contribution in [-0.4, -0.2) is 5.78 Å². The maximum Gasteiger partial charge on any atom is 0.163 e. The standard InChI is InChI=1S/C11H11ClO/c12-10-3-1-2-9(7-10)11(13)6-8-4-5-8/h1-3,7-8H,4-6H2. The van der Waals surface area contributed by atoms with Crippen molar-refractivity contribution in [3.63, 3.8) is 0 Å². The van der Waals surface area contributed by atoms with Crippen LogP contribution in [0.1, 0.15) is 29.6 Å². The monoisotopic (exact) mass is 194 g/mol. The van der Waals surface area contributed by atoms with Gasteiger partial charge in [-0.2, -0.15) is 0 Å². The van der Waals surface area contributed by atoms with Gasteiger partial charge in [0, 0.05) is 17.0 Å². The molecule has 0 aliphatic heterocycles. The van der Waals surface area contributed by atoms with Gasteiger partial charge in [-0.05, 0) is 30.9 Å². The molecule has 0 heterocycles. The minimum absolute atomic E-state index is 0.227. The highest BCUT2D eigenvalue weighted by atomic mass is 35.5. The molecule has 0 atom stereocenters. The molecule has 13 heavy (non-hydrogen) atoms. The normalized spacial score (nSPS) is 15.8. The van der Waals surface area contributed by atoms with E-state index in [0.717, 1.165) is 5.56 Å². The van der Waals surface area contributed by atoms with Crippen molar-refractivity contribution in [2.45, 2.75) is 19.3 Å². The number of Topliss-reactive ketones (excluding diaryl/α,β-unsaturated/α-hetero) is 1. The van der Waals surface area contributed by atoms with Gasteiger partial charge in [0.15, 0.2) is 5.78 Å². The largest absolute Gasteiger partial charge is 0.294 e. The first-order valence-corrected chi connectivity index (χ1v) is 4.92. The molecule has 0 bridgehead atoms. The third kappa shape index (κ3) is 2.31. The second-order valence-corrected chi connectivity index (χ2v) is 4.02. The second kappa shape index (κ2) is 3.51. The Bertz CT molecular complexity index is 329. The van der Waals surface area contributed by atoms with Crippen LogP contribution in [0.15, 0.2) is 24.3 Å². The molecule has 1 aromatic rings. The van der Waals surface area contributed by atoms with Gasteiger partial charge in [0.25, 0.3) is 0 Å². The van der Waals surface area contributed by atoms with Crippen molar-refractivity contribution in [3.05, 3.63) is 34.9 Å². The van der Waals surface area contributed by atoms with Crippen LogP contribution in [-0.2, 0) is 0 Å². The molecule has 2 rings (SSSR count). The van der Waals surface area contributed by atoms with E-state index in [1.54, 1.807) is 12.1 Å². The summed E-state index contributed by atoms with van der Waals surface area (Å²) in [6.07, 6.45) is 3.12. The molecule has 2 heteroatoms. The SMILES string of the molecule is O=C(CC1CC1)c1cccc(Cl)c1. The molecule has 1 aliphatic carbocycles. The first-order valence-electron chi connectivity index (χ1n) is 4.54. The molecule has 0 N–H and O–H groups in total. The van der Waals surface area contributed by atoms with Crippen molar-refractivity contribution in [2.75, 3.05) is 0 Å². The van der Waals surface area contributed by atoms with Crippen molar-refractivity contribution < 1.29 is 4.79 Å². The van der Waals surface area contributed by atoms with E-state index in [2.05, 4.69) is 0 Å². The molecule has 0 saturated heterocycles. The van der Waals surface area contributed by atoms with Crippen molar-refractivity contribution in [1.82, 2.24) is 0 Å². The van der Waals surface area contributed by atoms with Gasteiger partial charge in [-0.15, -0.1) is 0 Å². The number of benzene rings is 1. The van der Waals surface area contributed by atoms with Gasteiger partial charge in [-0.3, -0.25) is 4.79 Å². The highest BCUT2D eigenvalue weighted by molar-refractivity contribution is 6.31. The van der Waals surface area contributed by atoms with Gasteiger partial charge in [-0.1, -0.05) is 23.7 Å². The average molecular weight is 195 g/mol. The van der Waals surface area contributed by atoms with Crippen molar-refractivity contribution in [3.8, 4) is 0 Å². The lowest BCUT2D eigenvalue weighted by molar-refractivity contribution is 0.0976. The number of hydrogen-bond donors (Lipinski definition) is 0. The Morgan fingerprint density at radius 3 is 2.85 bits per heavy atom. The molecule has 1 fully saturated rings. The summed E-state index contributed by atoms with van der Waals surface area (Å²) in [4.78, 5) is 11.6. The summed E-state index contributed by atoms with van der Waals surface area (Å²) in [5, 5.41) is 0.640. The van der Waals surface area contributed by atoms with Gasteiger partial charge in [0.2, 0.25) is 0 Å². The Balaban J connectivity index is 2.09. The maximum atomic E-state index is 11.6. The quantitative estimate of drug-likeness (QED) is 0.675. The van der Waals surface area contributed by atoms with Gasteiger partial charge in [-0.25, -0.2) is 0 Å². The molecule has 0 aromatic heterocycles. The molecular formula is C11H11ClO. The topological polar surface area (TPSA) is 17.1 Å². The zero-order chi connectivity index (χ0) is 9.26. The number of ketones is 1. The van der Waals surface area contributed by atoms with E-state index in [1.165, 1.54) is 12.8 Å². The summed E-state index contributed by atoms with van der Waals surface area (Å²) in [6, 6.07) is 7.18. The Hall–Kier alpha value is -0.820. The summed E-state index contributed by atoms with van der Waals surface area (Å²) in [5.74, 6) is 0.872. The smallest absolute Gasteiger partial charge is 0.163 e. The van der Waals surface area contributed by atoms with E-state index < -0.39 is 0 Å². The van der Waals surface area contributed by atoms with Crippen molar-refractivity contribution in [1.29, 1.82) is 0 Å². The average Bonchev–Trinajstić information content (AvgIpc) is 2.88. The first kappa shape index (κ1) is 8.76. The van der Waals surface area contributed by atoms with Crippen LogP contribution < -0.4 is 0 Å². The molecule has 1 nitrogen and oxygen atoms in total. The van der Waals surface area contributed by atoms with E-state index in [0.29, 0.717) is 17.4 Å². The molecule has 0 spiro atoms. The summed E-state index contributed by atoms with van der Waals surface area (Å²) in [6.45, 7) is 0. The lowest BCUT2D eigenvalue weighted by atomic mass is 10.1. The minimum Gasteiger partial charge on any atom is -0.294 e. The molecule has 68 valence electrons. The Kier molecular flexibility index (Phi) is 2.36. The van der Waals surface area contributed by atoms with Crippen LogP contribution in [0.25, 0.3) is 0 Å². The van der Waals surface area contributed by atoms with E-state index in [9.17, 15) is 4.79 Å². The second-order valence-electron chi connectivity index (χ2n) is 3.58. The first-order chi connectivity index (χ1) is 6.25. The van der Waals surface area contributed by atoms with E-state index >= 15 is 0 Å². The number of halogens is 1. The minimum atomic E-state index is 0.227. The van der Waals surface area contributed by atoms with E-state index in [1.807, 2.05) is 12.1 Å². The maximum absolute atomic E-state index is 11.6. The van der Waals surface area contributed by atoms with Crippen molar-refractivity contribution >= 4 is 17.4 Å². The van der Waals surface area contributed by atoms with Crippen molar-refractivity contribution in [2.24, 2.45) is 5.92 Å². The highest BCUT2D eigenvalue weighted by Crippen LogP contribution is 2.33. The molecule has 1 aliphatic rings. The van der Waals surface area contributed by atoms with Crippen LogP contribution in [0.4, 0.5) is 0 Å². The lowest BCUT2D eigenvalue weighted by Crippen LogP contribution is -1.99. The third-order valence-corrected chi connectivity index (χ3v) is 2.55. The predicted molar refractivity (Wildman–Crippen MR) is 53.1 cm³/mol. The van der Waals surface area contributed by atoms with Crippen LogP contribution in [0.3, 0.4) is 0 Å². The third-order valence-electron chi connectivity index (χ3n) is 2.32. The van der Waals surface area contributed by atoms with Crippen LogP contribution >= 0.6 is 11.6 Å². The fraction of sp³-hybridized carbons (Fsp3) is 0.364. The van der Waals surface area contributed by atoms with Gasteiger partial charge >= 0.3 is 0 Å². The number of hydrogen-bond acceptors (Lipinski definition) is 1. The molecule has 0 radical (unpaired) electrons. The number of rotatable bonds is 3. The number of carbonyl (C=O) groups excluding carboxylic acids is 1. The van der Waals surface area contributed by atoms with Gasteiger partial charge < -0.3 is 0 Å². The zero-order valence-corrected chi connectivity index (χ0v) is 8.05. The molecule has 1 aromatic carbocycles. The van der Waals surface area contributed by atoms with Crippen LogP contribution in [0, 0.1) is 5.92 Å².